The van der Waals surface area contributed by atoms with Crippen LogP contribution in [0.1, 0.15) is 37.1 Å². The summed E-state index contributed by atoms with van der Waals surface area (Å²) >= 11 is 0. The smallest absolute Gasteiger partial charge is 0.223 e. The SMILES string of the molecule is CC1CC(c2cccnc2)N(C(=O)CCc2cncn2C)C1. The summed E-state index contributed by atoms with van der Waals surface area (Å²) < 4.78 is 1.97. The molecule has 0 bridgehead atoms. The molecule has 0 radical (unpaired) electrons. The second-order valence-electron chi connectivity index (χ2n) is 6.19. The molecule has 0 spiro atoms. The van der Waals surface area contributed by atoms with Gasteiger partial charge >= 0.3 is 0 Å². The van der Waals surface area contributed by atoms with Crippen LogP contribution in [0.5, 0.6) is 0 Å². The summed E-state index contributed by atoms with van der Waals surface area (Å²) in [5.41, 5.74) is 2.24. The minimum absolute atomic E-state index is 0.169. The Kier molecular flexibility index (Phi) is 4.22. The quantitative estimate of drug-likeness (QED) is 0.870. The lowest BCUT2D eigenvalue weighted by atomic mass is 10.0. The molecule has 5 heteroatoms. The number of imidazole rings is 1. The number of hydrogen-bond acceptors (Lipinski definition) is 3. The zero-order valence-corrected chi connectivity index (χ0v) is 13.1. The summed E-state index contributed by atoms with van der Waals surface area (Å²) in [6.07, 6.45) is 9.54. The number of rotatable bonds is 4. The van der Waals surface area contributed by atoms with Crippen molar-refractivity contribution < 1.29 is 4.79 Å². The largest absolute Gasteiger partial charge is 0.338 e. The highest BCUT2D eigenvalue weighted by Gasteiger charge is 2.33. The molecule has 1 aliphatic rings. The maximum Gasteiger partial charge on any atom is 0.223 e. The molecule has 3 rings (SSSR count). The lowest BCUT2D eigenvalue weighted by molar-refractivity contribution is -0.132. The van der Waals surface area contributed by atoms with E-state index in [4.69, 9.17) is 0 Å². The van der Waals surface area contributed by atoms with Crippen molar-refractivity contribution in [3.63, 3.8) is 0 Å². The third-order valence-electron chi connectivity index (χ3n) is 4.41. The van der Waals surface area contributed by atoms with Crippen molar-refractivity contribution in [1.82, 2.24) is 19.4 Å². The van der Waals surface area contributed by atoms with Crippen LogP contribution in [0.15, 0.2) is 37.1 Å². The number of amides is 1. The first kappa shape index (κ1) is 14.8. The van der Waals surface area contributed by atoms with Crippen LogP contribution in [0.2, 0.25) is 0 Å². The topological polar surface area (TPSA) is 51.0 Å². The van der Waals surface area contributed by atoms with Crippen molar-refractivity contribution in [2.24, 2.45) is 13.0 Å². The van der Waals surface area contributed by atoms with E-state index in [1.165, 1.54) is 0 Å². The maximum absolute atomic E-state index is 12.7. The highest BCUT2D eigenvalue weighted by Crippen LogP contribution is 2.35. The van der Waals surface area contributed by atoms with Crippen LogP contribution in [-0.4, -0.2) is 31.9 Å². The zero-order chi connectivity index (χ0) is 15.5. The van der Waals surface area contributed by atoms with Gasteiger partial charge in [0.15, 0.2) is 0 Å². The Labute approximate surface area is 131 Å². The molecule has 1 aliphatic heterocycles. The Morgan fingerprint density at radius 1 is 1.36 bits per heavy atom. The molecule has 0 aromatic carbocycles. The van der Waals surface area contributed by atoms with Crippen LogP contribution in [-0.2, 0) is 18.3 Å². The fraction of sp³-hybridized carbons (Fsp3) is 0.471. The summed E-state index contributed by atoms with van der Waals surface area (Å²) in [7, 11) is 1.96. The summed E-state index contributed by atoms with van der Waals surface area (Å²) in [5, 5.41) is 0. The molecule has 0 N–H and O–H groups in total. The van der Waals surface area contributed by atoms with Crippen LogP contribution in [0.25, 0.3) is 0 Å². The number of pyridine rings is 1. The van der Waals surface area contributed by atoms with E-state index in [-0.39, 0.29) is 11.9 Å². The third kappa shape index (κ3) is 3.03. The average Bonchev–Trinajstić information content (AvgIpc) is 3.11. The number of aromatic nitrogens is 3. The van der Waals surface area contributed by atoms with Crippen molar-refractivity contribution in [1.29, 1.82) is 0 Å². The molecule has 2 unspecified atom stereocenters. The fourth-order valence-corrected chi connectivity index (χ4v) is 3.21. The van der Waals surface area contributed by atoms with Crippen molar-refractivity contribution in [3.8, 4) is 0 Å². The third-order valence-corrected chi connectivity index (χ3v) is 4.41. The van der Waals surface area contributed by atoms with Crippen LogP contribution in [0, 0.1) is 5.92 Å². The van der Waals surface area contributed by atoms with E-state index in [2.05, 4.69) is 23.0 Å². The predicted octanol–water partition coefficient (Wildman–Crippen LogP) is 2.36. The van der Waals surface area contributed by atoms with Crippen LogP contribution in [0.4, 0.5) is 0 Å². The molecule has 3 heterocycles. The minimum Gasteiger partial charge on any atom is -0.338 e. The number of carbonyl (C=O) groups excluding carboxylic acids is 1. The van der Waals surface area contributed by atoms with Gasteiger partial charge in [-0.1, -0.05) is 13.0 Å². The Morgan fingerprint density at radius 2 is 2.23 bits per heavy atom. The Hall–Kier alpha value is -2.17. The van der Waals surface area contributed by atoms with E-state index in [0.29, 0.717) is 12.3 Å². The highest BCUT2D eigenvalue weighted by atomic mass is 16.2. The highest BCUT2D eigenvalue weighted by molar-refractivity contribution is 5.77. The molecular weight excluding hydrogens is 276 g/mol. The lowest BCUT2D eigenvalue weighted by Gasteiger charge is -2.25. The Balaban J connectivity index is 1.69. The van der Waals surface area contributed by atoms with Crippen molar-refractivity contribution in [2.45, 2.75) is 32.2 Å². The number of likely N-dealkylation sites (tertiary alicyclic amines) is 1. The molecule has 22 heavy (non-hydrogen) atoms. The predicted molar refractivity (Wildman–Crippen MR) is 84.0 cm³/mol. The van der Waals surface area contributed by atoms with Gasteiger partial charge in [0.05, 0.1) is 12.4 Å². The van der Waals surface area contributed by atoms with Crippen molar-refractivity contribution >= 4 is 5.91 Å². The average molecular weight is 298 g/mol. The molecule has 0 aliphatic carbocycles. The van der Waals surface area contributed by atoms with E-state index in [1.54, 1.807) is 12.5 Å². The van der Waals surface area contributed by atoms with Crippen LogP contribution >= 0.6 is 0 Å². The Bertz CT molecular complexity index is 637. The normalized spacial score (nSPS) is 21.3. The fourth-order valence-electron chi connectivity index (χ4n) is 3.21. The van der Waals surface area contributed by atoms with Gasteiger partial charge in [-0.3, -0.25) is 9.78 Å². The lowest BCUT2D eigenvalue weighted by Crippen LogP contribution is -2.31. The van der Waals surface area contributed by atoms with Crippen LogP contribution in [0.3, 0.4) is 0 Å². The van der Waals surface area contributed by atoms with Gasteiger partial charge in [-0.15, -0.1) is 0 Å². The van der Waals surface area contributed by atoms with Crippen LogP contribution < -0.4 is 0 Å². The van der Waals surface area contributed by atoms with Gasteiger partial charge in [0, 0.05) is 44.3 Å². The van der Waals surface area contributed by atoms with Gasteiger partial charge in [0.2, 0.25) is 5.91 Å². The molecule has 2 atom stereocenters. The summed E-state index contributed by atoms with van der Waals surface area (Å²) in [6.45, 7) is 3.04. The van der Waals surface area contributed by atoms with Crippen molar-refractivity contribution in [2.75, 3.05) is 6.54 Å². The monoisotopic (exact) mass is 298 g/mol. The first-order valence-electron chi connectivity index (χ1n) is 7.79. The van der Waals surface area contributed by atoms with Gasteiger partial charge in [-0.2, -0.15) is 0 Å². The number of nitrogens with zero attached hydrogens (tertiary/aromatic N) is 4. The van der Waals surface area contributed by atoms with E-state index in [1.807, 2.05) is 35.0 Å². The number of carbonyl (C=O) groups is 1. The van der Waals surface area contributed by atoms with Gasteiger partial charge < -0.3 is 9.47 Å². The standard InChI is InChI=1S/C17H22N4O/c1-13-8-16(14-4-3-7-18-9-14)21(11-13)17(22)6-5-15-10-19-12-20(15)2/h3-4,7,9-10,12-13,16H,5-6,8,11H2,1-2H3. The number of aryl methyl sites for hydroxylation is 2. The second-order valence-corrected chi connectivity index (χ2v) is 6.19. The molecule has 5 nitrogen and oxygen atoms in total. The summed E-state index contributed by atoms with van der Waals surface area (Å²) in [6, 6.07) is 4.18. The van der Waals surface area contributed by atoms with Gasteiger partial charge in [-0.25, -0.2) is 4.98 Å². The maximum atomic E-state index is 12.7. The summed E-state index contributed by atoms with van der Waals surface area (Å²) in [5.74, 6) is 0.755. The molecule has 2 aromatic rings. The van der Waals surface area contributed by atoms with E-state index in [0.717, 1.165) is 30.6 Å². The second kappa shape index (κ2) is 6.30. The summed E-state index contributed by atoms with van der Waals surface area (Å²) in [4.78, 5) is 23.0. The molecule has 1 amide bonds. The van der Waals surface area contributed by atoms with E-state index in [9.17, 15) is 4.79 Å². The van der Waals surface area contributed by atoms with Gasteiger partial charge in [0.1, 0.15) is 0 Å². The molecule has 1 fully saturated rings. The minimum atomic E-state index is 0.169. The molecule has 1 saturated heterocycles. The number of hydrogen-bond donors (Lipinski definition) is 0. The zero-order valence-electron chi connectivity index (χ0n) is 13.1. The molecule has 0 saturated carbocycles. The Morgan fingerprint density at radius 3 is 2.91 bits per heavy atom. The van der Waals surface area contributed by atoms with E-state index >= 15 is 0 Å². The van der Waals surface area contributed by atoms with Gasteiger partial charge in [-0.05, 0) is 30.4 Å². The van der Waals surface area contributed by atoms with Crippen molar-refractivity contribution in [3.05, 3.63) is 48.3 Å². The molecule has 116 valence electrons. The first-order chi connectivity index (χ1) is 10.6. The molecular formula is C17H22N4O. The van der Waals surface area contributed by atoms with E-state index < -0.39 is 0 Å². The first-order valence-corrected chi connectivity index (χ1v) is 7.79. The van der Waals surface area contributed by atoms with Gasteiger partial charge in [0.25, 0.3) is 0 Å². The molecule has 2 aromatic heterocycles.